The van der Waals surface area contributed by atoms with Gasteiger partial charge in [-0.3, -0.25) is 4.99 Å². The van der Waals surface area contributed by atoms with Crippen molar-refractivity contribution in [2.75, 3.05) is 32.9 Å². The first-order valence-corrected chi connectivity index (χ1v) is 8.20. The van der Waals surface area contributed by atoms with Gasteiger partial charge in [0.25, 0.3) is 0 Å². The molecule has 0 aromatic heterocycles. The third-order valence-electron chi connectivity index (χ3n) is 5.26. The highest BCUT2D eigenvalue weighted by Crippen LogP contribution is 2.52. The van der Waals surface area contributed by atoms with E-state index in [-0.39, 0.29) is 10.8 Å². The molecule has 1 saturated carbocycles. The SMILES string of the molecule is CCNC(=NCC1(C)COC1)NC1C2CCOC2C1(C)C. The van der Waals surface area contributed by atoms with E-state index in [1.54, 1.807) is 0 Å². The van der Waals surface area contributed by atoms with Crippen LogP contribution in [0.3, 0.4) is 0 Å². The lowest BCUT2D eigenvalue weighted by Gasteiger charge is -2.55. The van der Waals surface area contributed by atoms with Crippen molar-refractivity contribution in [3.05, 3.63) is 0 Å². The molecular weight excluding hydrogens is 266 g/mol. The number of fused-ring (bicyclic) bond motifs is 1. The molecule has 2 heterocycles. The summed E-state index contributed by atoms with van der Waals surface area (Å²) in [6.45, 7) is 13.2. The quantitative estimate of drug-likeness (QED) is 0.608. The molecule has 21 heavy (non-hydrogen) atoms. The van der Waals surface area contributed by atoms with Crippen LogP contribution in [0.15, 0.2) is 4.99 Å². The van der Waals surface area contributed by atoms with Crippen LogP contribution >= 0.6 is 0 Å². The van der Waals surface area contributed by atoms with Crippen LogP contribution < -0.4 is 10.6 Å². The molecule has 0 bridgehead atoms. The number of hydrogen-bond acceptors (Lipinski definition) is 3. The largest absolute Gasteiger partial charge is 0.380 e. The van der Waals surface area contributed by atoms with Crippen molar-refractivity contribution in [2.24, 2.45) is 21.7 Å². The Labute approximate surface area is 127 Å². The van der Waals surface area contributed by atoms with Crippen molar-refractivity contribution in [1.82, 2.24) is 10.6 Å². The molecule has 3 fully saturated rings. The Morgan fingerprint density at radius 2 is 2.05 bits per heavy atom. The summed E-state index contributed by atoms with van der Waals surface area (Å²) in [6.07, 6.45) is 1.58. The predicted molar refractivity (Wildman–Crippen MR) is 83.5 cm³/mol. The minimum absolute atomic E-state index is 0.181. The summed E-state index contributed by atoms with van der Waals surface area (Å²) in [5, 5.41) is 7.03. The van der Waals surface area contributed by atoms with Gasteiger partial charge < -0.3 is 20.1 Å². The minimum Gasteiger partial charge on any atom is -0.380 e. The molecule has 2 N–H and O–H groups in total. The van der Waals surface area contributed by atoms with Gasteiger partial charge in [-0.2, -0.15) is 0 Å². The topological polar surface area (TPSA) is 54.9 Å². The van der Waals surface area contributed by atoms with Crippen molar-refractivity contribution in [3.8, 4) is 0 Å². The van der Waals surface area contributed by atoms with Crippen molar-refractivity contribution in [1.29, 1.82) is 0 Å². The summed E-state index contributed by atoms with van der Waals surface area (Å²) in [5.74, 6) is 1.57. The molecule has 2 aliphatic heterocycles. The Morgan fingerprint density at radius 3 is 2.67 bits per heavy atom. The first kappa shape index (κ1) is 15.1. The van der Waals surface area contributed by atoms with Crippen molar-refractivity contribution >= 4 is 5.96 Å². The number of nitrogens with one attached hydrogen (secondary N) is 2. The average molecular weight is 295 g/mol. The number of aliphatic imine (C=N–C) groups is 1. The summed E-state index contributed by atoms with van der Waals surface area (Å²) >= 11 is 0. The van der Waals surface area contributed by atoms with Crippen molar-refractivity contribution in [2.45, 2.75) is 46.3 Å². The zero-order valence-electron chi connectivity index (χ0n) is 13.7. The van der Waals surface area contributed by atoms with Crippen molar-refractivity contribution in [3.63, 3.8) is 0 Å². The minimum atomic E-state index is 0.181. The van der Waals surface area contributed by atoms with E-state index in [2.05, 4.69) is 38.3 Å². The monoisotopic (exact) mass is 295 g/mol. The lowest BCUT2D eigenvalue weighted by Crippen LogP contribution is -2.68. The molecule has 3 rings (SSSR count). The molecular formula is C16H29N3O2. The summed E-state index contributed by atoms with van der Waals surface area (Å²) in [7, 11) is 0. The van der Waals surface area contributed by atoms with Gasteiger partial charge >= 0.3 is 0 Å². The molecule has 2 saturated heterocycles. The zero-order valence-corrected chi connectivity index (χ0v) is 13.7. The van der Waals surface area contributed by atoms with Crippen LogP contribution in [0.5, 0.6) is 0 Å². The number of guanidine groups is 1. The Morgan fingerprint density at radius 1 is 1.29 bits per heavy atom. The Balaban J connectivity index is 1.63. The summed E-state index contributed by atoms with van der Waals surface area (Å²) in [6, 6.07) is 0.452. The first-order valence-electron chi connectivity index (χ1n) is 8.20. The fourth-order valence-electron chi connectivity index (χ4n) is 3.90. The fraction of sp³-hybridized carbons (Fsp3) is 0.938. The molecule has 0 aromatic rings. The molecule has 1 aliphatic carbocycles. The van der Waals surface area contributed by atoms with Gasteiger partial charge in [-0.05, 0) is 13.3 Å². The van der Waals surface area contributed by atoms with Gasteiger partial charge in [0.05, 0.1) is 25.9 Å². The van der Waals surface area contributed by atoms with E-state index < -0.39 is 0 Å². The second-order valence-electron chi connectivity index (χ2n) is 7.69. The van der Waals surface area contributed by atoms with Crippen LogP contribution in [-0.2, 0) is 9.47 Å². The van der Waals surface area contributed by atoms with Crippen molar-refractivity contribution < 1.29 is 9.47 Å². The number of nitrogens with zero attached hydrogens (tertiary/aromatic N) is 1. The van der Waals surface area contributed by atoms with Crippen LogP contribution in [0.25, 0.3) is 0 Å². The maximum absolute atomic E-state index is 5.86. The van der Waals surface area contributed by atoms with Gasteiger partial charge in [0.1, 0.15) is 0 Å². The highest BCUT2D eigenvalue weighted by molar-refractivity contribution is 5.80. The Kier molecular flexibility index (Phi) is 3.91. The molecule has 5 heteroatoms. The lowest BCUT2D eigenvalue weighted by atomic mass is 9.57. The Hall–Kier alpha value is -0.810. The van der Waals surface area contributed by atoms with Crippen LogP contribution in [0.2, 0.25) is 0 Å². The first-order chi connectivity index (χ1) is 9.96. The molecule has 3 atom stereocenters. The molecule has 120 valence electrons. The molecule has 0 amide bonds. The van der Waals surface area contributed by atoms with E-state index in [0.717, 1.165) is 45.3 Å². The smallest absolute Gasteiger partial charge is 0.191 e. The van der Waals surface area contributed by atoms with Gasteiger partial charge in [-0.25, -0.2) is 0 Å². The average Bonchev–Trinajstić information content (AvgIpc) is 2.86. The van der Waals surface area contributed by atoms with Crippen LogP contribution in [0.1, 0.15) is 34.1 Å². The van der Waals surface area contributed by atoms with Gasteiger partial charge in [0.15, 0.2) is 5.96 Å². The molecule has 3 aliphatic rings. The number of ether oxygens (including phenoxy) is 2. The summed E-state index contributed by atoms with van der Waals surface area (Å²) < 4.78 is 11.2. The predicted octanol–water partition coefficient (Wildman–Crippen LogP) is 1.39. The van der Waals surface area contributed by atoms with E-state index >= 15 is 0 Å². The summed E-state index contributed by atoms with van der Waals surface area (Å²) in [5.41, 5.74) is 0.400. The van der Waals surface area contributed by atoms with Crippen LogP contribution in [0.4, 0.5) is 0 Å². The third-order valence-corrected chi connectivity index (χ3v) is 5.26. The molecule has 0 spiro atoms. The molecule has 0 radical (unpaired) electrons. The molecule has 5 nitrogen and oxygen atoms in total. The normalized spacial score (nSPS) is 36.4. The van der Waals surface area contributed by atoms with Gasteiger partial charge in [-0.1, -0.05) is 20.8 Å². The maximum atomic E-state index is 5.86. The highest BCUT2D eigenvalue weighted by atomic mass is 16.5. The fourth-order valence-corrected chi connectivity index (χ4v) is 3.90. The van der Waals surface area contributed by atoms with E-state index in [1.165, 1.54) is 0 Å². The standard InChI is InChI=1S/C16H29N3O2/c1-5-17-14(18-8-16(4)9-20-10-16)19-12-11-6-7-21-13(11)15(12,2)3/h11-13H,5-10H2,1-4H3,(H2,17,18,19). The van der Waals surface area contributed by atoms with E-state index in [9.17, 15) is 0 Å². The van der Waals surface area contributed by atoms with Crippen LogP contribution in [-0.4, -0.2) is 51.0 Å². The molecule has 3 unspecified atom stereocenters. The van der Waals surface area contributed by atoms with Crippen LogP contribution in [0, 0.1) is 16.7 Å². The molecule has 0 aromatic carbocycles. The van der Waals surface area contributed by atoms with Gasteiger partial charge in [0, 0.05) is 35.9 Å². The number of hydrogen-bond donors (Lipinski definition) is 2. The number of rotatable bonds is 4. The van der Waals surface area contributed by atoms with E-state index in [1.807, 2.05) is 0 Å². The van der Waals surface area contributed by atoms with Gasteiger partial charge in [0.2, 0.25) is 0 Å². The second kappa shape index (κ2) is 5.43. The maximum Gasteiger partial charge on any atom is 0.191 e. The van der Waals surface area contributed by atoms with E-state index in [0.29, 0.717) is 18.1 Å². The zero-order chi connectivity index (χ0) is 15.1. The second-order valence-corrected chi connectivity index (χ2v) is 7.69. The summed E-state index contributed by atoms with van der Waals surface area (Å²) in [4.78, 5) is 4.78. The lowest BCUT2D eigenvalue weighted by molar-refractivity contribution is -0.107. The van der Waals surface area contributed by atoms with E-state index in [4.69, 9.17) is 14.5 Å². The van der Waals surface area contributed by atoms with Gasteiger partial charge in [-0.15, -0.1) is 0 Å². The highest BCUT2D eigenvalue weighted by Gasteiger charge is 2.59. The Bertz CT molecular complexity index is 418. The third kappa shape index (κ3) is 2.66.